The number of amides is 1. The molecule has 3 heterocycles. The highest BCUT2D eigenvalue weighted by Crippen LogP contribution is 2.39. The molecule has 2 saturated heterocycles. The molecule has 3 fully saturated rings. The first-order chi connectivity index (χ1) is 15.1. The van der Waals surface area contributed by atoms with Crippen molar-refractivity contribution in [3.05, 3.63) is 47.9 Å². The molecule has 2 aromatic rings. The van der Waals surface area contributed by atoms with Gasteiger partial charge in [0, 0.05) is 44.0 Å². The molecule has 1 N–H and O–H groups in total. The lowest BCUT2D eigenvalue weighted by molar-refractivity contribution is -0.0520. The monoisotopic (exact) mass is 422 g/mol. The number of carbonyl (C=O) groups is 1. The molecule has 0 spiro atoms. The number of ether oxygens (including phenoxy) is 1. The molecule has 0 radical (unpaired) electrons. The van der Waals surface area contributed by atoms with Crippen molar-refractivity contribution in [2.24, 2.45) is 11.8 Å². The number of benzene rings is 1. The minimum absolute atomic E-state index is 0.00864. The quantitative estimate of drug-likeness (QED) is 0.815. The number of hydrogen-bond acceptors (Lipinski definition) is 6. The van der Waals surface area contributed by atoms with Crippen molar-refractivity contribution < 1.29 is 14.6 Å². The smallest absolute Gasteiger partial charge is 0.257 e. The Bertz CT molecular complexity index is 932. The van der Waals surface area contributed by atoms with E-state index in [1.165, 1.54) is 0 Å². The van der Waals surface area contributed by atoms with Crippen molar-refractivity contribution >= 4 is 5.91 Å². The van der Waals surface area contributed by atoms with Gasteiger partial charge >= 0.3 is 0 Å². The molecule has 4 atom stereocenters. The number of aryl methyl sites for hydroxylation is 1. The first-order valence-electron chi connectivity index (χ1n) is 11.3. The summed E-state index contributed by atoms with van der Waals surface area (Å²) in [6.07, 6.45) is 3.02. The molecule has 2 aliphatic heterocycles. The minimum Gasteiger partial charge on any atom is -0.391 e. The van der Waals surface area contributed by atoms with Crippen LogP contribution >= 0.6 is 0 Å². The zero-order valence-corrected chi connectivity index (χ0v) is 18.0. The van der Waals surface area contributed by atoms with E-state index in [4.69, 9.17) is 4.74 Å². The number of carbonyl (C=O) groups excluding carboxylic acids is 1. The van der Waals surface area contributed by atoms with Gasteiger partial charge in [-0.3, -0.25) is 9.69 Å². The number of aliphatic hydroxyl groups excluding tert-OH is 1. The van der Waals surface area contributed by atoms with Crippen LogP contribution in [0.4, 0.5) is 0 Å². The minimum atomic E-state index is -0.336. The van der Waals surface area contributed by atoms with E-state index in [1.807, 2.05) is 42.2 Å². The Morgan fingerprint density at radius 3 is 2.55 bits per heavy atom. The lowest BCUT2D eigenvalue weighted by atomic mass is 9.77. The summed E-state index contributed by atoms with van der Waals surface area (Å²) in [5.74, 6) is 1.42. The molecule has 0 unspecified atom stereocenters. The van der Waals surface area contributed by atoms with Crippen molar-refractivity contribution in [2.75, 3.05) is 39.4 Å². The van der Waals surface area contributed by atoms with E-state index >= 15 is 0 Å². The maximum atomic E-state index is 13.5. The molecule has 5 rings (SSSR count). The fourth-order valence-electron chi connectivity index (χ4n) is 5.49. The normalized spacial score (nSPS) is 29.0. The van der Waals surface area contributed by atoms with Crippen LogP contribution in [-0.2, 0) is 4.74 Å². The fraction of sp³-hybridized carbons (Fsp3) is 0.542. The number of hydrogen-bond donors (Lipinski definition) is 1. The molecule has 1 amide bonds. The summed E-state index contributed by atoms with van der Waals surface area (Å²) >= 11 is 0. The first-order valence-corrected chi connectivity index (χ1v) is 11.3. The van der Waals surface area contributed by atoms with E-state index in [0.717, 1.165) is 51.3 Å². The SMILES string of the molecule is Cc1ncc(C(=O)N2C[C@H]3C[C@@H](N4CCOCC4)[C@H](O)C[C@H]3C2)c(-c2ccccc2)n1. The van der Waals surface area contributed by atoms with Gasteiger partial charge in [0.1, 0.15) is 5.82 Å². The zero-order chi connectivity index (χ0) is 21.4. The van der Waals surface area contributed by atoms with Gasteiger partial charge in [-0.25, -0.2) is 9.97 Å². The first kappa shape index (κ1) is 20.5. The number of morpholine rings is 1. The van der Waals surface area contributed by atoms with Crippen molar-refractivity contribution in [3.63, 3.8) is 0 Å². The topological polar surface area (TPSA) is 78.8 Å². The lowest BCUT2D eigenvalue weighted by Gasteiger charge is -2.43. The highest BCUT2D eigenvalue weighted by atomic mass is 16.5. The Morgan fingerprint density at radius 1 is 1.10 bits per heavy atom. The van der Waals surface area contributed by atoms with E-state index in [0.29, 0.717) is 35.5 Å². The molecule has 7 heteroatoms. The molecule has 164 valence electrons. The van der Waals surface area contributed by atoms with Crippen LogP contribution in [0.3, 0.4) is 0 Å². The highest BCUT2D eigenvalue weighted by Gasteiger charge is 2.45. The standard InChI is InChI=1S/C24H30N4O3/c1-16-25-13-20(23(26-16)17-5-3-2-4-6-17)24(30)28-14-18-11-21(22(29)12-19(18)15-28)27-7-9-31-10-8-27/h2-6,13,18-19,21-22,29H,7-12,14-15H2,1H3/t18-,19+,21-,22-/m1/s1. The highest BCUT2D eigenvalue weighted by molar-refractivity contribution is 5.99. The Labute approximate surface area is 183 Å². The van der Waals surface area contributed by atoms with Gasteiger partial charge in [0.25, 0.3) is 5.91 Å². The number of aromatic nitrogens is 2. The Hall–Kier alpha value is -2.35. The van der Waals surface area contributed by atoms with Gasteiger partial charge in [0.15, 0.2) is 0 Å². The maximum absolute atomic E-state index is 13.5. The Kier molecular flexibility index (Phi) is 5.73. The number of aliphatic hydroxyl groups is 1. The molecular weight excluding hydrogens is 392 g/mol. The fourth-order valence-corrected chi connectivity index (χ4v) is 5.49. The van der Waals surface area contributed by atoms with Gasteiger partial charge in [-0.1, -0.05) is 30.3 Å². The van der Waals surface area contributed by atoms with Gasteiger partial charge in [-0.05, 0) is 31.6 Å². The number of rotatable bonds is 3. The zero-order valence-electron chi connectivity index (χ0n) is 18.0. The Balaban J connectivity index is 1.34. The van der Waals surface area contributed by atoms with Crippen molar-refractivity contribution in [1.82, 2.24) is 19.8 Å². The van der Waals surface area contributed by atoms with Crippen molar-refractivity contribution in [3.8, 4) is 11.3 Å². The summed E-state index contributed by atoms with van der Waals surface area (Å²) in [6, 6.07) is 10.00. The summed E-state index contributed by atoms with van der Waals surface area (Å²) in [7, 11) is 0. The average molecular weight is 423 g/mol. The maximum Gasteiger partial charge on any atom is 0.257 e. The molecular formula is C24H30N4O3. The van der Waals surface area contributed by atoms with E-state index in [2.05, 4.69) is 14.9 Å². The summed E-state index contributed by atoms with van der Waals surface area (Å²) in [5, 5.41) is 10.8. The summed E-state index contributed by atoms with van der Waals surface area (Å²) in [5.41, 5.74) is 2.18. The molecule has 7 nitrogen and oxygen atoms in total. The van der Waals surface area contributed by atoms with Gasteiger partial charge in [-0.2, -0.15) is 0 Å². The number of nitrogens with zero attached hydrogens (tertiary/aromatic N) is 4. The molecule has 31 heavy (non-hydrogen) atoms. The molecule has 0 bridgehead atoms. The van der Waals surface area contributed by atoms with E-state index in [1.54, 1.807) is 6.20 Å². The largest absolute Gasteiger partial charge is 0.391 e. The van der Waals surface area contributed by atoms with Crippen LogP contribution in [0.1, 0.15) is 29.0 Å². The lowest BCUT2D eigenvalue weighted by Crippen LogP contribution is -2.53. The van der Waals surface area contributed by atoms with E-state index in [9.17, 15) is 9.90 Å². The second kappa shape index (κ2) is 8.65. The van der Waals surface area contributed by atoms with Crippen LogP contribution in [0.25, 0.3) is 11.3 Å². The molecule has 1 saturated carbocycles. The predicted octanol–water partition coefficient (Wildman–Crippen LogP) is 2.00. The van der Waals surface area contributed by atoms with Crippen molar-refractivity contribution in [1.29, 1.82) is 0 Å². The van der Waals surface area contributed by atoms with Gasteiger partial charge < -0.3 is 14.7 Å². The third-order valence-electron chi connectivity index (χ3n) is 7.10. The van der Waals surface area contributed by atoms with E-state index < -0.39 is 0 Å². The van der Waals surface area contributed by atoms with Crippen LogP contribution in [-0.4, -0.2) is 82.3 Å². The average Bonchev–Trinajstić information content (AvgIpc) is 3.22. The second-order valence-corrected chi connectivity index (χ2v) is 9.03. The molecule has 1 aromatic carbocycles. The van der Waals surface area contributed by atoms with Crippen LogP contribution in [0.15, 0.2) is 36.5 Å². The Morgan fingerprint density at radius 2 is 1.81 bits per heavy atom. The second-order valence-electron chi connectivity index (χ2n) is 9.03. The van der Waals surface area contributed by atoms with Gasteiger partial charge in [0.2, 0.25) is 0 Å². The molecule has 1 aliphatic carbocycles. The van der Waals surface area contributed by atoms with Gasteiger partial charge in [0.05, 0.1) is 30.6 Å². The number of likely N-dealkylation sites (tertiary alicyclic amines) is 1. The van der Waals surface area contributed by atoms with Crippen molar-refractivity contribution in [2.45, 2.75) is 31.9 Å². The summed E-state index contributed by atoms with van der Waals surface area (Å²) in [6.45, 7) is 6.50. The molecule has 1 aromatic heterocycles. The molecule has 3 aliphatic rings. The predicted molar refractivity (Wildman–Crippen MR) is 117 cm³/mol. The van der Waals surface area contributed by atoms with E-state index in [-0.39, 0.29) is 18.1 Å². The number of fused-ring (bicyclic) bond motifs is 1. The summed E-state index contributed by atoms with van der Waals surface area (Å²) in [4.78, 5) is 26.7. The van der Waals surface area contributed by atoms with Crippen LogP contribution in [0.2, 0.25) is 0 Å². The van der Waals surface area contributed by atoms with Crippen LogP contribution in [0, 0.1) is 18.8 Å². The van der Waals surface area contributed by atoms with Gasteiger partial charge in [-0.15, -0.1) is 0 Å². The van der Waals surface area contributed by atoms with Crippen LogP contribution < -0.4 is 0 Å². The summed E-state index contributed by atoms with van der Waals surface area (Å²) < 4.78 is 5.48. The van der Waals surface area contributed by atoms with Crippen LogP contribution in [0.5, 0.6) is 0 Å². The third-order valence-corrected chi connectivity index (χ3v) is 7.10. The third kappa shape index (κ3) is 4.10.